The molecule has 15 heteroatoms. The highest BCUT2D eigenvalue weighted by Crippen LogP contribution is 2.48. The summed E-state index contributed by atoms with van der Waals surface area (Å²) in [6, 6.07) is 1.57. The third kappa shape index (κ3) is 5.37. The number of rotatable bonds is 5. The molecule has 0 aliphatic carbocycles. The quantitative estimate of drug-likeness (QED) is 0.278. The van der Waals surface area contributed by atoms with E-state index in [0.29, 0.717) is 12.3 Å². The summed E-state index contributed by atoms with van der Waals surface area (Å²) in [6.07, 6.45) is -14.6. The molecule has 3 aromatic rings. The van der Waals surface area contributed by atoms with Gasteiger partial charge in [-0.2, -0.15) is 39.5 Å². The van der Waals surface area contributed by atoms with Crippen molar-refractivity contribution in [2.45, 2.75) is 36.0 Å². The Kier molecular flexibility index (Phi) is 6.23. The van der Waals surface area contributed by atoms with Crippen molar-refractivity contribution in [3.05, 3.63) is 41.5 Å². The molecule has 3 heterocycles. The maximum Gasteiger partial charge on any atom is 0.433 e. The predicted octanol–water partition coefficient (Wildman–Crippen LogP) is 5.76. The topological polar surface area (TPSA) is 77.8 Å². The number of hydrogen-bond donors (Lipinski definition) is 1. The number of halogens is 9. The van der Waals surface area contributed by atoms with E-state index in [4.69, 9.17) is 10.2 Å². The van der Waals surface area contributed by atoms with E-state index in [1.165, 1.54) is 0 Å². The number of aromatic nitrogens is 3. The zero-order valence-electron chi connectivity index (χ0n) is 15.4. The molecule has 0 aromatic carbocycles. The minimum atomic E-state index is -5.60. The van der Waals surface area contributed by atoms with E-state index in [1.807, 2.05) is 0 Å². The van der Waals surface area contributed by atoms with Crippen molar-refractivity contribution in [3.8, 4) is 0 Å². The van der Waals surface area contributed by atoms with Crippen LogP contribution in [0.2, 0.25) is 0 Å². The second kappa shape index (κ2) is 8.33. The lowest BCUT2D eigenvalue weighted by molar-refractivity contribution is -0.253. The van der Waals surface area contributed by atoms with Crippen LogP contribution >= 0.6 is 11.8 Å². The summed E-state index contributed by atoms with van der Waals surface area (Å²) in [6.45, 7) is 0. The summed E-state index contributed by atoms with van der Waals surface area (Å²) in [4.78, 5) is 10.9. The third-order valence-corrected chi connectivity index (χ3v) is 4.97. The summed E-state index contributed by atoms with van der Waals surface area (Å²) < 4.78 is 122. The van der Waals surface area contributed by atoms with E-state index >= 15 is 0 Å². The van der Waals surface area contributed by atoms with E-state index in [1.54, 1.807) is 0 Å². The monoisotopic (exact) mass is 490 g/mol. The van der Waals surface area contributed by atoms with Crippen LogP contribution in [0.1, 0.15) is 22.9 Å². The number of hydrogen-bond acceptors (Lipinski definition) is 6. The van der Waals surface area contributed by atoms with Gasteiger partial charge in [0.25, 0.3) is 0 Å². The Balaban J connectivity index is 1.82. The molecule has 0 atom stereocenters. The summed E-state index contributed by atoms with van der Waals surface area (Å²) >= 11 is 0.761. The Morgan fingerprint density at radius 1 is 0.969 bits per heavy atom. The number of alkyl halides is 9. The van der Waals surface area contributed by atoms with Crippen molar-refractivity contribution in [1.29, 1.82) is 0 Å². The number of pyridine rings is 1. The zero-order chi connectivity index (χ0) is 23.9. The average molecular weight is 490 g/mol. The van der Waals surface area contributed by atoms with Gasteiger partial charge in [-0.05, 0) is 12.5 Å². The molecule has 0 bridgehead atoms. The van der Waals surface area contributed by atoms with E-state index < -0.39 is 46.9 Å². The van der Waals surface area contributed by atoms with Gasteiger partial charge in [0.2, 0.25) is 0 Å². The molecule has 0 amide bonds. The molecule has 0 radical (unpaired) electrons. The van der Waals surface area contributed by atoms with Crippen molar-refractivity contribution in [1.82, 2.24) is 15.0 Å². The molecule has 3 rings (SSSR count). The Morgan fingerprint density at radius 2 is 1.62 bits per heavy atom. The molecule has 0 saturated heterocycles. The molecule has 0 aliphatic heterocycles. The highest BCUT2D eigenvalue weighted by molar-refractivity contribution is 7.99. The van der Waals surface area contributed by atoms with Gasteiger partial charge in [-0.1, -0.05) is 11.8 Å². The fraction of sp³-hybridized carbons (Fsp3) is 0.353. The summed E-state index contributed by atoms with van der Waals surface area (Å²) in [5, 5.41) is -0.712. The smallest absolute Gasteiger partial charge is 0.433 e. The first-order valence-electron chi connectivity index (χ1n) is 8.50. The minimum absolute atomic E-state index is 0.0204. The minimum Gasteiger partial charge on any atom is -0.462 e. The van der Waals surface area contributed by atoms with Gasteiger partial charge in [-0.25, -0.2) is 9.97 Å². The lowest BCUT2D eigenvalue weighted by Gasteiger charge is -2.22. The number of nitrogen functional groups attached to an aromatic ring is 1. The van der Waals surface area contributed by atoms with Gasteiger partial charge in [0.1, 0.15) is 5.82 Å². The first-order valence-corrected chi connectivity index (χ1v) is 9.49. The number of thioether (sulfide) groups is 1. The van der Waals surface area contributed by atoms with Gasteiger partial charge in [0, 0.05) is 28.5 Å². The van der Waals surface area contributed by atoms with E-state index in [-0.39, 0.29) is 28.6 Å². The molecule has 0 spiro atoms. The highest BCUT2D eigenvalue weighted by Gasteiger charge is 2.58. The van der Waals surface area contributed by atoms with Crippen molar-refractivity contribution >= 4 is 28.5 Å². The number of fused-ring (bicyclic) bond motifs is 1. The largest absolute Gasteiger partial charge is 0.462 e. The van der Waals surface area contributed by atoms with Crippen LogP contribution in [0.5, 0.6) is 0 Å². The van der Waals surface area contributed by atoms with Crippen LogP contribution in [0.25, 0.3) is 11.0 Å². The Hall–Kier alpha value is -2.71. The van der Waals surface area contributed by atoms with Gasteiger partial charge in [-0.3, -0.25) is 4.98 Å². The molecule has 3 aromatic heterocycles. The summed E-state index contributed by atoms with van der Waals surface area (Å²) in [5.41, 5.74) is 2.80. The molecular formula is C17H11F9N4OS. The molecule has 0 saturated carbocycles. The maximum atomic E-state index is 13.1. The normalized spacial score (nSPS) is 13.3. The molecular weight excluding hydrogens is 479 g/mol. The van der Waals surface area contributed by atoms with Crippen molar-refractivity contribution in [3.63, 3.8) is 0 Å². The van der Waals surface area contributed by atoms with Crippen LogP contribution in [-0.4, -0.2) is 33.1 Å². The number of anilines is 1. The fourth-order valence-corrected chi connectivity index (χ4v) is 3.62. The van der Waals surface area contributed by atoms with Crippen LogP contribution < -0.4 is 5.73 Å². The first kappa shape index (κ1) is 23.9. The van der Waals surface area contributed by atoms with E-state index in [0.717, 1.165) is 24.0 Å². The molecule has 0 unspecified atom stereocenters. The van der Waals surface area contributed by atoms with Gasteiger partial charge < -0.3 is 10.2 Å². The zero-order valence-corrected chi connectivity index (χ0v) is 16.3. The first-order chi connectivity index (χ1) is 14.7. The average Bonchev–Trinajstić information content (AvgIpc) is 3.01. The molecule has 0 aliphatic rings. The van der Waals surface area contributed by atoms with Crippen LogP contribution in [-0.2, 0) is 12.6 Å². The maximum absolute atomic E-state index is 13.1. The molecule has 174 valence electrons. The van der Waals surface area contributed by atoms with Crippen LogP contribution in [0.3, 0.4) is 0 Å². The van der Waals surface area contributed by atoms with Crippen molar-refractivity contribution in [2.24, 2.45) is 0 Å². The van der Waals surface area contributed by atoms with Gasteiger partial charge in [-0.15, -0.1) is 0 Å². The standard InChI is InChI=1S/C17H11F9N4OS/c18-15(19,20)11-4-12(27)30-14(29-11)32-2-1-7-3-8-9(6-31-10(8)5-28-7)13(16(21,22)23)17(24,25)26/h3-6,13H,1-2H2,(H2,27,29,30). The van der Waals surface area contributed by atoms with Gasteiger partial charge in [0.05, 0.1) is 12.5 Å². The molecule has 2 N–H and O–H groups in total. The van der Waals surface area contributed by atoms with Crippen molar-refractivity contribution in [2.75, 3.05) is 11.5 Å². The number of furan rings is 1. The van der Waals surface area contributed by atoms with Crippen LogP contribution in [0, 0.1) is 0 Å². The van der Waals surface area contributed by atoms with Crippen LogP contribution in [0.15, 0.2) is 34.2 Å². The Bertz CT molecular complexity index is 1090. The summed E-state index contributed by atoms with van der Waals surface area (Å²) in [7, 11) is 0. The number of nitrogens with two attached hydrogens (primary N) is 1. The summed E-state index contributed by atoms with van der Waals surface area (Å²) in [5.74, 6) is -4.14. The Morgan fingerprint density at radius 3 is 2.22 bits per heavy atom. The Labute approximate surface area is 177 Å². The molecule has 5 nitrogen and oxygen atoms in total. The molecule has 0 fully saturated rings. The molecule has 32 heavy (non-hydrogen) atoms. The second-order valence-corrected chi connectivity index (χ2v) is 7.50. The van der Waals surface area contributed by atoms with Crippen molar-refractivity contribution < 1.29 is 43.9 Å². The fourth-order valence-electron chi connectivity index (χ4n) is 2.79. The lowest BCUT2D eigenvalue weighted by atomic mass is 9.97. The second-order valence-electron chi connectivity index (χ2n) is 6.44. The van der Waals surface area contributed by atoms with Gasteiger partial charge >= 0.3 is 18.5 Å². The number of nitrogens with zero attached hydrogens (tertiary/aromatic N) is 3. The SMILES string of the molecule is Nc1cc(C(F)(F)F)nc(SCCc2cc3c(C(C(F)(F)F)C(F)(F)F)coc3cn2)n1. The van der Waals surface area contributed by atoms with E-state index in [9.17, 15) is 39.5 Å². The predicted molar refractivity (Wildman–Crippen MR) is 94.7 cm³/mol. The van der Waals surface area contributed by atoms with Crippen LogP contribution in [0.4, 0.5) is 45.3 Å². The number of aryl methyl sites for hydroxylation is 1. The lowest BCUT2D eigenvalue weighted by Crippen LogP contribution is -2.33. The van der Waals surface area contributed by atoms with E-state index in [2.05, 4.69) is 15.0 Å². The third-order valence-electron chi connectivity index (χ3n) is 4.12. The highest BCUT2D eigenvalue weighted by atomic mass is 32.2. The van der Waals surface area contributed by atoms with Gasteiger partial charge in [0.15, 0.2) is 22.4 Å².